The van der Waals surface area contributed by atoms with Gasteiger partial charge in [0.1, 0.15) is 6.04 Å². The molecule has 1 aliphatic heterocycles. The van der Waals surface area contributed by atoms with Crippen LogP contribution in [0.3, 0.4) is 0 Å². The van der Waals surface area contributed by atoms with Crippen LogP contribution in [0.1, 0.15) is 52.4 Å². The number of nitrogens with zero attached hydrogens (tertiary/aromatic N) is 4. The van der Waals surface area contributed by atoms with Crippen molar-refractivity contribution in [2.24, 2.45) is 5.92 Å². The molecule has 0 spiro atoms. The Labute approximate surface area is 186 Å². The summed E-state index contributed by atoms with van der Waals surface area (Å²) in [6.07, 6.45) is -3.48. The van der Waals surface area contributed by atoms with Crippen LogP contribution in [0, 0.1) is 5.92 Å². The first-order valence-electron chi connectivity index (χ1n) is 10.2. The number of pyridine rings is 1. The lowest BCUT2D eigenvalue weighted by Crippen LogP contribution is -2.50. The number of carbonyl (C=O) groups is 3. The van der Waals surface area contributed by atoms with Gasteiger partial charge in [0.05, 0.1) is 23.2 Å². The fraction of sp³-hybridized carbons (Fsp3) is 0.318. The van der Waals surface area contributed by atoms with Gasteiger partial charge in [-0.3, -0.25) is 23.7 Å². The Kier molecular flexibility index (Phi) is 5.64. The minimum absolute atomic E-state index is 0.0201. The first-order valence-corrected chi connectivity index (χ1v) is 10.2. The third-order valence-corrected chi connectivity index (χ3v) is 5.36. The Hall–Kier alpha value is -3.76. The summed E-state index contributed by atoms with van der Waals surface area (Å²) in [6, 6.07) is 7.32. The molecule has 1 unspecified atom stereocenters. The zero-order valence-electron chi connectivity index (χ0n) is 17.8. The van der Waals surface area contributed by atoms with Gasteiger partial charge in [-0.1, -0.05) is 26.0 Å². The van der Waals surface area contributed by atoms with Crippen molar-refractivity contribution < 1.29 is 27.6 Å². The lowest BCUT2D eigenvalue weighted by atomic mass is 10.0. The van der Waals surface area contributed by atoms with Gasteiger partial charge in [0.2, 0.25) is 5.91 Å². The summed E-state index contributed by atoms with van der Waals surface area (Å²) in [4.78, 5) is 39.8. The van der Waals surface area contributed by atoms with Gasteiger partial charge < -0.3 is 5.32 Å². The fourth-order valence-electron chi connectivity index (χ4n) is 3.78. The van der Waals surface area contributed by atoms with Crippen LogP contribution in [0.5, 0.6) is 0 Å². The number of hydrogen-bond acceptors (Lipinski definition) is 5. The summed E-state index contributed by atoms with van der Waals surface area (Å²) < 4.78 is 40.3. The quantitative estimate of drug-likeness (QED) is 0.572. The topological polar surface area (TPSA) is 96.7 Å². The van der Waals surface area contributed by atoms with Crippen molar-refractivity contribution in [2.75, 3.05) is 0 Å². The molecule has 4 rings (SSSR count). The van der Waals surface area contributed by atoms with E-state index in [2.05, 4.69) is 15.5 Å². The van der Waals surface area contributed by atoms with Crippen LogP contribution in [0.25, 0.3) is 5.65 Å². The summed E-state index contributed by atoms with van der Waals surface area (Å²) in [5.74, 6) is -1.66. The molecule has 0 bridgehead atoms. The van der Waals surface area contributed by atoms with Crippen LogP contribution in [0.4, 0.5) is 13.2 Å². The van der Waals surface area contributed by atoms with Crippen LogP contribution < -0.4 is 5.32 Å². The van der Waals surface area contributed by atoms with Crippen molar-refractivity contribution in [3.63, 3.8) is 0 Å². The Bertz CT molecular complexity index is 1220. The standard InChI is InChI=1S/C22H20F3N5O3/c1-12(2)9-16(30-20(32)14-5-3-4-6-15(14)21(30)33)19(31)26-10-18-28-27-17-8-7-13(11-29(17)18)22(23,24)25/h3-8,11-12,16H,9-10H2,1-2H3,(H,26,31). The molecule has 3 heterocycles. The van der Waals surface area contributed by atoms with Crippen LogP contribution >= 0.6 is 0 Å². The maximum absolute atomic E-state index is 13.1. The summed E-state index contributed by atoms with van der Waals surface area (Å²) in [5, 5.41) is 10.3. The number of benzene rings is 1. The Balaban J connectivity index is 1.57. The molecule has 1 aromatic carbocycles. The molecule has 0 radical (unpaired) electrons. The largest absolute Gasteiger partial charge is 0.417 e. The SMILES string of the molecule is CC(C)CC(C(=O)NCc1nnc2ccc(C(F)(F)F)cn12)N1C(=O)c2ccccc2C1=O. The van der Waals surface area contributed by atoms with Gasteiger partial charge >= 0.3 is 6.18 Å². The molecular weight excluding hydrogens is 439 g/mol. The molecule has 33 heavy (non-hydrogen) atoms. The van der Waals surface area contributed by atoms with Gasteiger partial charge in [0, 0.05) is 6.20 Å². The average Bonchev–Trinajstić information content (AvgIpc) is 3.28. The highest BCUT2D eigenvalue weighted by atomic mass is 19.4. The summed E-state index contributed by atoms with van der Waals surface area (Å²) in [5.41, 5.74) is -0.239. The molecule has 0 saturated carbocycles. The minimum atomic E-state index is -4.55. The minimum Gasteiger partial charge on any atom is -0.347 e. The molecule has 1 atom stereocenters. The van der Waals surface area contributed by atoms with Crippen LogP contribution in [-0.4, -0.2) is 43.3 Å². The molecule has 172 valence electrons. The highest BCUT2D eigenvalue weighted by molar-refractivity contribution is 6.22. The van der Waals surface area contributed by atoms with E-state index in [1.54, 1.807) is 12.1 Å². The van der Waals surface area contributed by atoms with Gasteiger partial charge in [-0.15, -0.1) is 10.2 Å². The first-order chi connectivity index (χ1) is 15.6. The number of halogens is 3. The maximum atomic E-state index is 13.1. The number of amides is 3. The van der Waals surface area contributed by atoms with Crippen molar-refractivity contribution in [3.8, 4) is 0 Å². The van der Waals surface area contributed by atoms with Gasteiger partial charge in [-0.25, -0.2) is 0 Å². The molecular formula is C22H20F3N5O3. The molecule has 2 aromatic heterocycles. The van der Waals surface area contributed by atoms with E-state index in [0.29, 0.717) is 0 Å². The maximum Gasteiger partial charge on any atom is 0.417 e. The average molecular weight is 459 g/mol. The number of nitrogens with one attached hydrogen (secondary N) is 1. The lowest BCUT2D eigenvalue weighted by Gasteiger charge is -2.26. The molecule has 0 aliphatic carbocycles. The van der Waals surface area contributed by atoms with E-state index in [4.69, 9.17) is 0 Å². The number of carbonyl (C=O) groups excluding carboxylic acids is 3. The molecule has 1 aliphatic rings. The highest BCUT2D eigenvalue weighted by Gasteiger charge is 2.42. The second kappa shape index (κ2) is 8.30. The van der Waals surface area contributed by atoms with E-state index in [-0.39, 0.29) is 41.5 Å². The van der Waals surface area contributed by atoms with E-state index < -0.39 is 35.5 Å². The van der Waals surface area contributed by atoms with E-state index in [1.807, 2.05) is 13.8 Å². The Morgan fingerprint density at radius 2 is 1.67 bits per heavy atom. The number of alkyl halides is 3. The molecule has 3 aromatic rings. The zero-order chi connectivity index (χ0) is 23.9. The number of fused-ring (bicyclic) bond motifs is 2. The molecule has 0 fully saturated rings. The predicted molar refractivity (Wildman–Crippen MR) is 110 cm³/mol. The van der Waals surface area contributed by atoms with E-state index in [9.17, 15) is 27.6 Å². The van der Waals surface area contributed by atoms with Gasteiger partial charge in [0.15, 0.2) is 11.5 Å². The highest BCUT2D eigenvalue weighted by Crippen LogP contribution is 2.29. The van der Waals surface area contributed by atoms with Crippen molar-refractivity contribution in [2.45, 2.75) is 39.0 Å². The lowest BCUT2D eigenvalue weighted by molar-refractivity contribution is -0.137. The predicted octanol–water partition coefficient (Wildman–Crippen LogP) is 3.08. The smallest absolute Gasteiger partial charge is 0.347 e. The summed E-state index contributed by atoms with van der Waals surface area (Å²) >= 11 is 0. The van der Waals surface area contributed by atoms with E-state index in [0.717, 1.165) is 21.6 Å². The van der Waals surface area contributed by atoms with E-state index >= 15 is 0 Å². The van der Waals surface area contributed by atoms with Gasteiger partial charge in [0.25, 0.3) is 11.8 Å². The molecule has 0 saturated heterocycles. The van der Waals surface area contributed by atoms with Crippen LogP contribution in [0.15, 0.2) is 42.6 Å². The first kappa shape index (κ1) is 22.4. The number of aromatic nitrogens is 3. The van der Waals surface area contributed by atoms with Crippen molar-refractivity contribution in [1.29, 1.82) is 0 Å². The van der Waals surface area contributed by atoms with Gasteiger partial charge in [-0.05, 0) is 36.6 Å². The summed E-state index contributed by atoms with van der Waals surface area (Å²) in [7, 11) is 0. The summed E-state index contributed by atoms with van der Waals surface area (Å²) in [6.45, 7) is 3.46. The Morgan fingerprint density at radius 1 is 1.03 bits per heavy atom. The van der Waals surface area contributed by atoms with Gasteiger partial charge in [-0.2, -0.15) is 13.2 Å². The van der Waals surface area contributed by atoms with Crippen molar-refractivity contribution in [3.05, 3.63) is 65.1 Å². The second-order valence-corrected chi connectivity index (χ2v) is 8.15. The molecule has 8 nitrogen and oxygen atoms in total. The van der Waals surface area contributed by atoms with Crippen LogP contribution in [-0.2, 0) is 17.5 Å². The molecule has 3 amide bonds. The third-order valence-electron chi connectivity index (χ3n) is 5.36. The number of imide groups is 1. The monoisotopic (exact) mass is 459 g/mol. The zero-order valence-corrected chi connectivity index (χ0v) is 17.8. The fourth-order valence-corrected chi connectivity index (χ4v) is 3.78. The number of hydrogen-bond donors (Lipinski definition) is 1. The molecule has 11 heteroatoms. The van der Waals surface area contributed by atoms with Crippen molar-refractivity contribution >= 4 is 23.4 Å². The second-order valence-electron chi connectivity index (χ2n) is 8.15. The Morgan fingerprint density at radius 3 is 2.24 bits per heavy atom. The van der Waals surface area contributed by atoms with Crippen molar-refractivity contribution in [1.82, 2.24) is 24.8 Å². The molecule has 1 N–H and O–H groups in total. The van der Waals surface area contributed by atoms with E-state index in [1.165, 1.54) is 18.2 Å². The van der Waals surface area contributed by atoms with Crippen LogP contribution in [0.2, 0.25) is 0 Å². The third kappa shape index (κ3) is 4.18. The number of rotatable bonds is 6. The normalized spacial score (nSPS) is 14.8.